The minimum absolute atomic E-state index is 0.363. The lowest BCUT2D eigenvalue weighted by Gasteiger charge is -2.53. The molecule has 50 heavy (non-hydrogen) atoms. The van der Waals surface area contributed by atoms with Crippen molar-refractivity contribution in [2.75, 3.05) is 0 Å². The maximum absolute atomic E-state index is 4.19. The van der Waals surface area contributed by atoms with Crippen LogP contribution in [-0.4, -0.2) is 8.07 Å². The van der Waals surface area contributed by atoms with E-state index < -0.39 is 8.07 Å². The van der Waals surface area contributed by atoms with E-state index >= 15 is 0 Å². The summed E-state index contributed by atoms with van der Waals surface area (Å²) in [6.45, 7) is 24.9. The highest BCUT2D eigenvalue weighted by molar-refractivity contribution is 7.04. The van der Waals surface area contributed by atoms with Gasteiger partial charge in [0.1, 0.15) is 8.07 Å². The average Bonchev–Trinajstić information content (AvgIpc) is 3.65. The molecule has 5 aliphatic carbocycles. The Hall–Kier alpha value is -1.60. The number of rotatable bonds is 8. The van der Waals surface area contributed by atoms with Crippen molar-refractivity contribution in [1.29, 1.82) is 0 Å². The monoisotopic (exact) mass is 691 g/mol. The molecule has 7 rings (SSSR count). The van der Waals surface area contributed by atoms with Crippen LogP contribution in [0.4, 0.5) is 0 Å². The second-order valence-corrected chi connectivity index (χ2v) is 25.7. The molecule has 10 atom stereocenters. The van der Waals surface area contributed by atoms with Crippen LogP contribution < -0.4 is 10.4 Å². The van der Waals surface area contributed by atoms with Crippen LogP contribution in [0.5, 0.6) is 0 Å². The van der Waals surface area contributed by atoms with E-state index in [-0.39, 0.29) is 0 Å². The predicted molar refractivity (Wildman–Crippen MR) is 220 cm³/mol. The molecule has 0 spiro atoms. The largest absolute Gasteiger partial charge is 0.124 e. The van der Waals surface area contributed by atoms with Crippen molar-refractivity contribution >= 4 is 18.4 Å². The van der Waals surface area contributed by atoms with Gasteiger partial charge >= 0.3 is 0 Å². The number of benzene rings is 2. The Morgan fingerprint density at radius 2 is 1.06 bits per heavy atom. The molecule has 1 heteroatoms. The summed E-state index contributed by atoms with van der Waals surface area (Å²) in [7, 11) is -2.36. The van der Waals surface area contributed by atoms with Gasteiger partial charge in [0.15, 0.2) is 0 Å². The molecule has 0 radical (unpaired) electrons. The third kappa shape index (κ3) is 6.38. The van der Waals surface area contributed by atoms with Crippen molar-refractivity contribution in [2.45, 2.75) is 150 Å². The molecular formula is C49H74Si. The van der Waals surface area contributed by atoms with Gasteiger partial charge in [0.25, 0.3) is 0 Å². The van der Waals surface area contributed by atoms with Gasteiger partial charge in [0, 0.05) is 0 Å². The smallest absolute Gasteiger partial charge is 0.103 e. The Bertz CT molecular complexity index is 1350. The van der Waals surface area contributed by atoms with E-state index in [2.05, 4.69) is 129 Å². The van der Waals surface area contributed by atoms with E-state index in [0.717, 1.165) is 70.8 Å². The number of allylic oxidation sites excluding steroid dienone is 1. The molecule has 10 unspecified atom stereocenters. The van der Waals surface area contributed by atoms with Crippen LogP contribution in [0.15, 0.2) is 73.3 Å². The highest BCUT2D eigenvalue weighted by Gasteiger charge is 2.67. The summed E-state index contributed by atoms with van der Waals surface area (Å²) in [4.78, 5) is 0. The molecule has 2 aromatic rings. The van der Waals surface area contributed by atoms with E-state index in [0.29, 0.717) is 16.2 Å². The molecule has 274 valence electrons. The molecule has 0 aliphatic heterocycles. The van der Waals surface area contributed by atoms with Gasteiger partial charge in [0.2, 0.25) is 0 Å². The number of fused-ring (bicyclic) bond motifs is 4. The zero-order chi connectivity index (χ0) is 35.5. The van der Waals surface area contributed by atoms with Crippen molar-refractivity contribution < 1.29 is 0 Å². The third-order valence-corrected chi connectivity index (χ3v) is 23.2. The van der Waals surface area contributed by atoms with Crippen molar-refractivity contribution in [3.63, 3.8) is 0 Å². The second-order valence-electron chi connectivity index (χ2n) is 21.4. The quantitative estimate of drug-likeness (QED) is 0.191. The topological polar surface area (TPSA) is 0 Å². The van der Waals surface area contributed by atoms with Crippen molar-refractivity contribution in [3.8, 4) is 0 Å². The van der Waals surface area contributed by atoms with Crippen molar-refractivity contribution in [2.24, 2.45) is 69.5 Å². The summed E-state index contributed by atoms with van der Waals surface area (Å²) in [5, 5.41) is 3.62. The third-order valence-electron chi connectivity index (χ3n) is 16.9. The van der Waals surface area contributed by atoms with Crippen molar-refractivity contribution in [1.82, 2.24) is 0 Å². The fourth-order valence-electron chi connectivity index (χ4n) is 14.5. The van der Waals surface area contributed by atoms with Crippen LogP contribution in [0.3, 0.4) is 0 Å². The summed E-state index contributed by atoms with van der Waals surface area (Å²) >= 11 is 0. The van der Waals surface area contributed by atoms with Crippen LogP contribution in [-0.2, 0) is 0 Å². The summed E-state index contributed by atoms with van der Waals surface area (Å²) in [6, 6.07) is 25.2. The summed E-state index contributed by atoms with van der Waals surface area (Å²) in [6.07, 6.45) is 20.8. The van der Waals surface area contributed by atoms with Gasteiger partial charge in [-0.3, -0.25) is 0 Å². The fourth-order valence-corrected chi connectivity index (χ4v) is 22.2. The molecule has 0 N–H and O–H groups in total. The van der Waals surface area contributed by atoms with Gasteiger partial charge in [-0.15, -0.1) is 6.58 Å². The van der Waals surface area contributed by atoms with Crippen LogP contribution in [0.25, 0.3) is 0 Å². The highest BCUT2D eigenvalue weighted by atomic mass is 28.3. The zero-order valence-corrected chi connectivity index (χ0v) is 34.6. The molecule has 5 saturated carbocycles. The summed E-state index contributed by atoms with van der Waals surface area (Å²) in [5.41, 5.74) is 2.83. The molecule has 0 aromatic heterocycles. The van der Waals surface area contributed by atoms with E-state index in [1.165, 1.54) is 77.0 Å². The molecule has 0 heterocycles. The molecule has 0 nitrogen and oxygen atoms in total. The second kappa shape index (κ2) is 14.0. The predicted octanol–water partition coefficient (Wildman–Crippen LogP) is 13.0. The van der Waals surface area contributed by atoms with Gasteiger partial charge in [0.05, 0.1) is 0 Å². The van der Waals surface area contributed by atoms with Gasteiger partial charge in [-0.1, -0.05) is 152 Å². The first-order chi connectivity index (χ1) is 23.8. The van der Waals surface area contributed by atoms with Crippen LogP contribution in [0.1, 0.15) is 139 Å². The first kappa shape index (κ1) is 36.7. The average molecular weight is 691 g/mol. The highest BCUT2D eigenvalue weighted by Crippen LogP contribution is 2.70. The molecule has 2 aromatic carbocycles. The Balaban J connectivity index is 1.47. The SMILES string of the molecule is C=CCCC(C)(C)C1CC([Si](c2ccccc2)(c2ccccc2)C2C3CC(C(C)(C)C)CCC3C3CCC(C(C)(C)C)CC32)C2CCCCC21. The van der Waals surface area contributed by atoms with Crippen LogP contribution >= 0.6 is 0 Å². The fraction of sp³-hybridized carbons (Fsp3) is 0.714. The molecule has 5 fully saturated rings. The van der Waals surface area contributed by atoms with Gasteiger partial charge in [-0.2, -0.15) is 0 Å². The number of hydrogen-bond donors (Lipinski definition) is 0. The number of hydrogen-bond acceptors (Lipinski definition) is 0. The van der Waals surface area contributed by atoms with Crippen LogP contribution in [0, 0.1) is 69.5 Å². The van der Waals surface area contributed by atoms with Crippen LogP contribution in [0.2, 0.25) is 11.1 Å². The molecular weight excluding hydrogens is 617 g/mol. The minimum Gasteiger partial charge on any atom is -0.103 e. The Morgan fingerprint density at radius 3 is 1.52 bits per heavy atom. The molecule has 0 amide bonds. The molecule has 0 bridgehead atoms. The minimum atomic E-state index is -2.36. The van der Waals surface area contributed by atoms with Gasteiger partial charge in [-0.05, 0) is 145 Å². The van der Waals surface area contributed by atoms with E-state index in [1.54, 1.807) is 0 Å². The van der Waals surface area contributed by atoms with E-state index in [4.69, 9.17) is 0 Å². The Morgan fingerprint density at radius 1 is 0.580 bits per heavy atom. The Labute approximate surface area is 310 Å². The first-order valence-corrected chi connectivity index (χ1v) is 23.7. The van der Waals surface area contributed by atoms with Crippen molar-refractivity contribution in [3.05, 3.63) is 73.3 Å². The lowest BCUT2D eigenvalue weighted by molar-refractivity contribution is 0.0722. The Kier molecular flexibility index (Phi) is 10.3. The zero-order valence-electron chi connectivity index (χ0n) is 33.6. The normalized spacial score (nSPS) is 36.4. The summed E-state index contributed by atoms with van der Waals surface area (Å²) < 4.78 is 0. The maximum Gasteiger partial charge on any atom is 0.124 e. The van der Waals surface area contributed by atoms with Gasteiger partial charge in [-0.25, -0.2) is 0 Å². The molecule has 0 saturated heterocycles. The lowest BCUT2D eigenvalue weighted by Crippen LogP contribution is -2.67. The maximum atomic E-state index is 4.19. The lowest BCUT2D eigenvalue weighted by atomic mass is 9.62. The first-order valence-electron chi connectivity index (χ1n) is 21.5. The molecule has 5 aliphatic rings. The van der Waals surface area contributed by atoms with E-state index in [1.807, 2.05) is 10.4 Å². The van der Waals surface area contributed by atoms with E-state index in [9.17, 15) is 0 Å². The van der Waals surface area contributed by atoms with Gasteiger partial charge < -0.3 is 0 Å². The standard InChI is InChI=1S/C49H74Si/c1-10-11-30-49(8,9)44-33-45(41-25-19-18-24-40(41)44)50(36-20-14-12-15-21-36,37-22-16-13-17-23-37)46-42-31-34(47(2,3)4)26-28-38(42)39-29-27-35(32-43(39)46)48(5,6)7/h10,12-17,20-23,34-35,38-46H,1,11,18-19,24-33H2,2-9H3. The summed E-state index contributed by atoms with van der Waals surface area (Å²) in [5.74, 6) is 7.92.